The lowest BCUT2D eigenvalue weighted by atomic mass is 9.88. The Morgan fingerprint density at radius 1 is 1.28 bits per heavy atom. The highest BCUT2D eigenvalue weighted by Gasteiger charge is 2.68. The number of rotatable bonds is 3. The molecule has 0 amide bonds. The molecule has 1 unspecified atom stereocenters. The minimum Gasteiger partial charge on any atom is -0.481 e. The summed E-state index contributed by atoms with van der Waals surface area (Å²) in [5.41, 5.74) is -1.09. The van der Waals surface area contributed by atoms with Gasteiger partial charge in [-0.2, -0.15) is 0 Å². The number of sulfone groups is 1. The number of carboxylic acids is 1. The fourth-order valence-electron chi connectivity index (χ4n) is 2.70. The summed E-state index contributed by atoms with van der Waals surface area (Å²) in [5, 5.41) is 9.49. The molecule has 18 heavy (non-hydrogen) atoms. The lowest BCUT2D eigenvalue weighted by molar-refractivity contribution is -0.141. The molecule has 0 radical (unpaired) electrons. The van der Waals surface area contributed by atoms with E-state index in [0.29, 0.717) is 12.0 Å². The fraction of sp³-hybridized carbons (Fsp3) is 0.462. The van der Waals surface area contributed by atoms with Gasteiger partial charge in [0, 0.05) is 6.26 Å². The van der Waals surface area contributed by atoms with E-state index in [0.717, 1.165) is 6.26 Å². The molecule has 0 heterocycles. The van der Waals surface area contributed by atoms with Crippen molar-refractivity contribution in [3.8, 4) is 0 Å². The van der Waals surface area contributed by atoms with Crippen molar-refractivity contribution in [1.82, 2.24) is 0 Å². The normalized spacial score (nSPS) is 25.7. The Kier molecular flexibility index (Phi) is 2.59. The van der Waals surface area contributed by atoms with Gasteiger partial charge in [0.05, 0.1) is 10.3 Å². The first-order chi connectivity index (χ1) is 8.13. The highest BCUT2D eigenvalue weighted by atomic mass is 32.2. The fourth-order valence-corrected chi connectivity index (χ4v) is 3.67. The zero-order chi connectivity index (χ0) is 13.8. The van der Waals surface area contributed by atoms with Gasteiger partial charge in [0.25, 0.3) is 0 Å². The SMILES string of the molecule is CC1(C)CC1(C(=O)O)c1ccccc1S(C)(=O)=O. The van der Waals surface area contributed by atoms with Crippen molar-refractivity contribution in [2.24, 2.45) is 5.41 Å². The highest BCUT2D eigenvalue weighted by Crippen LogP contribution is 2.65. The van der Waals surface area contributed by atoms with E-state index >= 15 is 0 Å². The van der Waals surface area contributed by atoms with Crippen molar-refractivity contribution in [3.05, 3.63) is 29.8 Å². The molecular formula is C13H16O4S. The van der Waals surface area contributed by atoms with Crippen LogP contribution < -0.4 is 0 Å². The van der Waals surface area contributed by atoms with E-state index in [1.54, 1.807) is 18.2 Å². The number of hydrogen-bond donors (Lipinski definition) is 1. The molecular weight excluding hydrogens is 252 g/mol. The molecule has 0 aromatic heterocycles. The van der Waals surface area contributed by atoms with Crippen LogP contribution in [0.2, 0.25) is 0 Å². The summed E-state index contributed by atoms with van der Waals surface area (Å²) in [6.07, 6.45) is 1.57. The van der Waals surface area contributed by atoms with Crippen molar-refractivity contribution in [1.29, 1.82) is 0 Å². The molecule has 1 aromatic rings. The van der Waals surface area contributed by atoms with Crippen molar-refractivity contribution < 1.29 is 18.3 Å². The smallest absolute Gasteiger partial charge is 0.314 e. The first-order valence-corrected chi connectivity index (χ1v) is 7.55. The third-order valence-corrected chi connectivity index (χ3v) is 5.00. The molecule has 0 aliphatic heterocycles. The van der Waals surface area contributed by atoms with Gasteiger partial charge in [-0.25, -0.2) is 8.42 Å². The van der Waals surface area contributed by atoms with Crippen LogP contribution in [0.3, 0.4) is 0 Å². The summed E-state index contributed by atoms with van der Waals surface area (Å²) in [6, 6.07) is 6.39. The van der Waals surface area contributed by atoms with E-state index in [-0.39, 0.29) is 4.90 Å². The van der Waals surface area contributed by atoms with Crippen molar-refractivity contribution in [2.45, 2.75) is 30.6 Å². The second kappa shape index (κ2) is 3.57. The number of benzene rings is 1. The molecule has 0 spiro atoms. The number of aliphatic carboxylic acids is 1. The van der Waals surface area contributed by atoms with Gasteiger partial charge in [-0.15, -0.1) is 0 Å². The molecule has 4 nitrogen and oxygen atoms in total. The van der Waals surface area contributed by atoms with Crippen LogP contribution >= 0.6 is 0 Å². The van der Waals surface area contributed by atoms with E-state index in [1.807, 2.05) is 13.8 Å². The molecule has 1 N–H and O–H groups in total. The minimum absolute atomic E-state index is 0.123. The third-order valence-electron chi connectivity index (χ3n) is 3.85. The maximum atomic E-state index is 11.8. The molecule has 1 fully saturated rings. The Morgan fingerprint density at radius 3 is 2.17 bits per heavy atom. The van der Waals surface area contributed by atoms with Gasteiger partial charge in [0.1, 0.15) is 0 Å². The molecule has 1 aromatic carbocycles. The monoisotopic (exact) mass is 268 g/mol. The topological polar surface area (TPSA) is 71.4 Å². The zero-order valence-electron chi connectivity index (χ0n) is 10.6. The van der Waals surface area contributed by atoms with E-state index in [9.17, 15) is 18.3 Å². The van der Waals surface area contributed by atoms with Crippen LogP contribution in [0.4, 0.5) is 0 Å². The average Bonchev–Trinajstić information content (AvgIpc) is 2.82. The summed E-state index contributed by atoms with van der Waals surface area (Å²) in [7, 11) is -3.42. The van der Waals surface area contributed by atoms with Crippen LogP contribution in [-0.4, -0.2) is 25.7 Å². The van der Waals surface area contributed by atoms with Gasteiger partial charge in [-0.05, 0) is 23.5 Å². The Hall–Kier alpha value is -1.36. The first kappa shape index (κ1) is 13.1. The van der Waals surface area contributed by atoms with Crippen LogP contribution in [0.15, 0.2) is 29.2 Å². The summed E-state index contributed by atoms with van der Waals surface area (Å²) < 4.78 is 23.5. The number of hydrogen-bond acceptors (Lipinski definition) is 3. The maximum absolute atomic E-state index is 11.8. The number of carbonyl (C=O) groups is 1. The molecule has 1 saturated carbocycles. The van der Waals surface area contributed by atoms with Crippen molar-refractivity contribution in [3.63, 3.8) is 0 Å². The molecule has 2 rings (SSSR count). The summed E-state index contributed by atoms with van der Waals surface area (Å²) >= 11 is 0. The Bertz CT molecular complexity index is 616. The molecule has 98 valence electrons. The second-order valence-electron chi connectivity index (χ2n) is 5.54. The predicted octanol–water partition coefficient (Wildman–Crippen LogP) is 1.84. The molecule has 5 heteroatoms. The summed E-state index contributed by atoms with van der Waals surface area (Å²) in [6.45, 7) is 3.69. The zero-order valence-corrected chi connectivity index (χ0v) is 11.4. The van der Waals surface area contributed by atoms with Crippen LogP contribution in [-0.2, 0) is 20.0 Å². The minimum atomic E-state index is -3.42. The van der Waals surface area contributed by atoms with Crippen molar-refractivity contribution >= 4 is 15.8 Å². The third kappa shape index (κ3) is 1.65. The van der Waals surface area contributed by atoms with Gasteiger partial charge < -0.3 is 5.11 Å². The number of carboxylic acid groups (broad SMARTS) is 1. The van der Waals surface area contributed by atoms with E-state index in [2.05, 4.69) is 0 Å². The average molecular weight is 268 g/mol. The molecule has 0 bridgehead atoms. The standard InChI is InChI=1S/C13H16O4S/c1-12(2)8-13(12,11(14)15)9-6-4-5-7-10(9)18(3,16)17/h4-7H,8H2,1-3H3,(H,14,15). The lowest BCUT2D eigenvalue weighted by Crippen LogP contribution is -2.27. The van der Waals surface area contributed by atoms with Crippen molar-refractivity contribution in [2.75, 3.05) is 6.26 Å². The largest absolute Gasteiger partial charge is 0.481 e. The van der Waals surface area contributed by atoms with E-state index in [1.165, 1.54) is 6.07 Å². The van der Waals surface area contributed by atoms with E-state index in [4.69, 9.17) is 0 Å². The predicted molar refractivity (Wildman–Crippen MR) is 67.3 cm³/mol. The second-order valence-corrected chi connectivity index (χ2v) is 7.52. The maximum Gasteiger partial charge on any atom is 0.314 e. The summed E-state index contributed by atoms with van der Waals surface area (Å²) in [4.78, 5) is 11.7. The highest BCUT2D eigenvalue weighted by molar-refractivity contribution is 7.90. The quantitative estimate of drug-likeness (QED) is 0.908. The molecule has 1 atom stereocenters. The van der Waals surface area contributed by atoms with Gasteiger partial charge in [0.15, 0.2) is 9.84 Å². The Balaban J connectivity index is 2.71. The van der Waals surface area contributed by atoms with Crippen LogP contribution in [0, 0.1) is 5.41 Å². The lowest BCUT2D eigenvalue weighted by Gasteiger charge is -2.19. The van der Waals surface area contributed by atoms with Gasteiger partial charge in [-0.1, -0.05) is 32.0 Å². The van der Waals surface area contributed by atoms with Crippen LogP contribution in [0.5, 0.6) is 0 Å². The van der Waals surface area contributed by atoms with Gasteiger partial charge >= 0.3 is 5.97 Å². The van der Waals surface area contributed by atoms with Gasteiger partial charge in [0.2, 0.25) is 0 Å². The Morgan fingerprint density at radius 2 is 1.78 bits per heavy atom. The van der Waals surface area contributed by atoms with Crippen LogP contribution in [0.25, 0.3) is 0 Å². The van der Waals surface area contributed by atoms with Gasteiger partial charge in [-0.3, -0.25) is 4.79 Å². The first-order valence-electron chi connectivity index (χ1n) is 5.66. The van der Waals surface area contributed by atoms with Crippen LogP contribution in [0.1, 0.15) is 25.8 Å². The molecule has 1 aliphatic carbocycles. The summed E-state index contributed by atoms with van der Waals surface area (Å²) in [5.74, 6) is -0.955. The Labute approximate surface area is 107 Å². The molecule has 0 saturated heterocycles. The van der Waals surface area contributed by atoms with E-state index < -0.39 is 26.6 Å². The molecule has 1 aliphatic rings.